The molecule has 0 N–H and O–H groups in total. The van der Waals surface area contributed by atoms with Crippen LogP contribution in [0.25, 0.3) is 11.0 Å². The third-order valence-electron chi connectivity index (χ3n) is 2.93. The fourth-order valence-electron chi connectivity index (χ4n) is 2.18. The van der Waals surface area contributed by atoms with E-state index in [0.29, 0.717) is 29.9 Å². The van der Waals surface area contributed by atoms with Gasteiger partial charge in [0.25, 0.3) is 0 Å². The summed E-state index contributed by atoms with van der Waals surface area (Å²) in [5.41, 5.74) is 1.73. The number of benzene rings is 1. The lowest BCUT2D eigenvalue weighted by molar-refractivity contribution is 0.218. The lowest BCUT2D eigenvalue weighted by Crippen LogP contribution is -2.04. The summed E-state index contributed by atoms with van der Waals surface area (Å²) in [7, 11) is 0. The minimum Gasteiger partial charge on any atom is -0.423 e. The van der Waals surface area contributed by atoms with E-state index in [0.717, 1.165) is 11.1 Å². The normalized spacial score (nSPS) is 11.8. The Kier molecular flexibility index (Phi) is 5.40. The first-order valence-electron chi connectivity index (χ1n) is 7.02. The van der Waals surface area contributed by atoms with Gasteiger partial charge < -0.3 is 8.94 Å². The summed E-state index contributed by atoms with van der Waals surface area (Å²) < 4.78 is 22.2. The second-order valence-electron chi connectivity index (χ2n) is 4.76. The zero-order chi connectivity index (χ0) is 16.3. The van der Waals surface area contributed by atoms with Gasteiger partial charge in [0.15, 0.2) is 0 Å². The van der Waals surface area contributed by atoms with Crippen molar-refractivity contribution in [2.24, 2.45) is 0 Å². The molecule has 0 spiro atoms. The van der Waals surface area contributed by atoms with Gasteiger partial charge in [-0.3, -0.25) is 9.05 Å². The molecule has 0 bridgehead atoms. The maximum Gasteiger partial charge on any atom is 0.380 e. The van der Waals surface area contributed by atoms with Crippen molar-refractivity contribution in [2.75, 3.05) is 13.2 Å². The van der Waals surface area contributed by atoms with Gasteiger partial charge in [0, 0.05) is 17.9 Å². The largest absolute Gasteiger partial charge is 0.423 e. The summed E-state index contributed by atoms with van der Waals surface area (Å²) in [5.74, 6) is 0.515. The molecular formula is C15H19O5PS. The van der Waals surface area contributed by atoms with E-state index in [-0.39, 0.29) is 0 Å². The van der Waals surface area contributed by atoms with Gasteiger partial charge in [-0.2, -0.15) is 0 Å². The highest BCUT2D eigenvalue weighted by Gasteiger charge is 2.23. The van der Waals surface area contributed by atoms with Crippen molar-refractivity contribution in [1.82, 2.24) is 0 Å². The van der Waals surface area contributed by atoms with Crippen LogP contribution in [-0.4, -0.2) is 13.2 Å². The van der Waals surface area contributed by atoms with Gasteiger partial charge in [-0.1, -0.05) is 0 Å². The fraction of sp³-hybridized carbons (Fsp3) is 0.400. The molecule has 0 fully saturated rings. The molecule has 2 aromatic rings. The van der Waals surface area contributed by atoms with Crippen LogP contribution < -0.4 is 10.1 Å². The molecule has 120 valence electrons. The Balaban J connectivity index is 2.59. The van der Waals surface area contributed by atoms with E-state index >= 15 is 0 Å². The van der Waals surface area contributed by atoms with E-state index in [1.807, 2.05) is 33.8 Å². The molecule has 0 atom stereocenters. The van der Waals surface area contributed by atoms with Crippen LogP contribution in [0.5, 0.6) is 5.75 Å². The Morgan fingerprint density at radius 1 is 1.14 bits per heavy atom. The van der Waals surface area contributed by atoms with Crippen molar-refractivity contribution in [3.8, 4) is 5.75 Å². The molecule has 0 aliphatic carbocycles. The quantitative estimate of drug-likeness (QED) is 0.582. The predicted molar refractivity (Wildman–Crippen MR) is 90.1 cm³/mol. The van der Waals surface area contributed by atoms with Crippen LogP contribution in [0.3, 0.4) is 0 Å². The van der Waals surface area contributed by atoms with Crippen LogP contribution in [0.4, 0.5) is 0 Å². The lowest BCUT2D eigenvalue weighted by atomic mass is 10.1. The van der Waals surface area contributed by atoms with Crippen LogP contribution in [-0.2, 0) is 20.9 Å². The third kappa shape index (κ3) is 3.76. The van der Waals surface area contributed by atoms with Crippen LogP contribution >= 0.6 is 6.72 Å². The zero-order valence-electron chi connectivity index (χ0n) is 13.0. The molecule has 0 aliphatic rings. The molecule has 1 aromatic carbocycles. The second-order valence-corrected chi connectivity index (χ2v) is 7.69. The maximum absolute atomic E-state index is 11.5. The van der Waals surface area contributed by atoms with Gasteiger partial charge in [-0.25, -0.2) is 4.79 Å². The average Bonchev–Trinajstić information content (AvgIpc) is 2.36. The first kappa shape index (κ1) is 17.2. The van der Waals surface area contributed by atoms with E-state index in [9.17, 15) is 4.79 Å². The lowest BCUT2D eigenvalue weighted by Gasteiger charge is -2.22. The van der Waals surface area contributed by atoms with Crippen molar-refractivity contribution in [3.63, 3.8) is 0 Å². The topological polar surface area (TPSA) is 57.9 Å². The molecule has 7 heteroatoms. The monoisotopic (exact) mass is 342 g/mol. The Morgan fingerprint density at radius 3 is 2.36 bits per heavy atom. The molecule has 0 saturated carbocycles. The highest BCUT2D eigenvalue weighted by atomic mass is 32.5. The van der Waals surface area contributed by atoms with E-state index in [1.165, 1.54) is 6.07 Å². The average molecular weight is 342 g/mol. The van der Waals surface area contributed by atoms with Crippen LogP contribution in [0.2, 0.25) is 0 Å². The second kappa shape index (κ2) is 6.92. The van der Waals surface area contributed by atoms with Gasteiger partial charge in [-0.05, 0) is 51.0 Å². The standard InChI is InChI=1S/C15H19O5PS/c1-5-17-21(22,18-6-2)20-13-8-10(3)7-12-15(13)11(4)9-14(16)19-12/h7-9H,5-6H2,1-4H3. The molecule has 0 unspecified atom stereocenters. The van der Waals surface area contributed by atoms with Crippen molar-refractivity contribution < 1.29 is 18.0 Å². The van der Waals surface area contributed by atoms with Gasteiger partial charge in [0.1, 0.15) is 11.3 Å². The summed E-state index contributed by atoms with van der Waals surface area (Å²) in [6.45, 7) is 5.30. The minimum atomic E-state index is -2.88. The van der Waals surface area contributed by atoms with Crippen molar-refractivity contribution in [2.45, 2.75) is 27.7 Å². The molecular weight excluding hydrogens is 323 g/mol. The number of hydrogen-bond donors (Lipinski definition) is 0. The van der Waals surface area contributed by atoms with Crippen LogP contribution in [0, 0.1) is 13.8 Å². The Morgan fingerprint density at radius 2 is 1.77 bits per heavy atom. The molecule has 1 aromatic heterocycles. The van der Waals surface area contributed by atoms with Crippen molar-refractivity contribution in [3.05, 3.63) is 39.7 Å². The molecule has 0 saturated heterocycles. The van der Waals surface area contributed by atoms with E-state index < -0.39 is 12.3 Å². The SMILES string of the molecule is CCOP(=S)(OCC)Oc1cc(C)cc2oc(=O)cc(C)c12. The molecule has 0 amide bonds. The third-order valence-corrected chi connectivity index (χ3v) is 5.36. The van der Waals surface area contributed by atoms with Crippen molar-refractivity contribution >= 4 is 29.5 Å². The maximum atomic E-state index is 11.5. The van der Waals surface area contributed by atoms with E-state index in [2.05, 4.69) is 0 Å². The summed E-state index contributed by atoms with van der Waals surface area (Å²) in [5, 5.41) is 0.707. The first-order valence-corrected chi connectivity index (χ1v) is 9.58. The molecule has 2 rings (SSSR count). The first-order chi connectivity index (χ1) is 10.4. The molecule has 0 radical (unpaired) electrons. The number of rotatable bonds is 6. The van der Waals surface area contributed by atoms with Crippen LogP contribution in [0.15, 0.2) is 27.4 Å². The van der Waals surface area contributed by atoms with Crippen LogP contribution in [0.1, 0.15) is 25.0 Å². The fourth-order valence-corrected chi connectivity index (χ4v) is 4.25. The summed E-state index contributed by atoms with van der Waals surface area (Å²) >= 11 is 5.41. The highest BCUT2D eigenvalue weighted by Crippen LogP contribution is 2.51. The van der Waals surface area contributed by atoms with Gasteiger partial charge >= 0.3 is 12.3 Å². The van der Waals surface area contributed by atoms with Crippen molar-refractivity contribution in [1.29, 1.82) is 0 Å². The zero-order valence-corrected chi connectivity index (χ0v) is 14.8. The highest BCUT2D eigenvalue weighted by molar-refractivity contribution is 8.07. The summed E-state index contributed by atoms with van der Waals surface area (Å²) in [6, 6.07) is 5.06. The Hall–Kier alpha value is -1.20. The number of hydrogen-bond acceptors (Lipinski definition) is 6. The molecule has 22 heavy (non-hydrogen) atoms. The number of fused-ring (bicyclic) bond motifs is 1. The Labute approximate surface area is 134 Å². The van der Waals surface area contributed by atoms with Gasteiger partial charge in [-0.15, -0.1) is 0 Å². The van der Waals surface area contributed by atoms with Gasteiger partial charge in [0.2, 0.25) is 0 Å². The summed E-state index contributed by atoms with van der Waals surface area (Å²) in [6.07, 6.45) is 0. The smallest absolute Gasteiger partial charge is 0.380 e. The van der Waals surface area contributed by atoms with Gasteiger partial charge in [0.05, 0.1) is 18.6 Å². The summed E-state index contributed by atoms with van der Waals surface area (Å²) in [4.78, 5) is 11.5. The molecule has 1 heterocycles. The number of aryl methyl sites for hydroxylation is 2. The molecule has 5 nitrogen and oxygen atoms in total. The van der Waals surface area contributed by atoms with E-state index in [1.54, 1.807) is 6.07 Å². The predicted octanol–water partition coefficient (Wildman–Crippen LogP) is 4.09. The minimum absolute atomic E-state index is 0.393. The van der Waals surface area contributed by atoms with E-state index in [4.69, 9.17) is 29.8 Å². The Bertz CT molecular complexity index is 773. The molecule has 0 aliphatic heterocycles.